The van der Waals surface area contributed by atoms with Crippen LogP contribution >= 0.6 is 0 Å². The molecule has 2 heterocycles. The number of ketones is 1. The molecule has 2 fully saturated rings. The molecule has 1 aromatic rings. The fraction of sp³-hybridized carbons (Fsp3) is 0.591. The number of piperidine rings is 1. The molecule has 1 aromatic carbocycles. The van der Waals surface area contributed by atoms with Gasteiger partial charge in [0.05, 0.1) is 13.2 Å². The molecule has 28 heavy (non-hydrogen) atoms. The molecule has 0 spiro atoms. The van der Waals surface area contributed by atoms with E-state index in [9.17, 15) is 14.4 Å². The first-order valence-electron chi connectivity index (χ1n) is 10.2. The van der Waals surface area contributed by atoms with Crippen LogP contribution in [0.15, 0.2) is 18.2 Å². The van der Waals surface area contributed by atoms with Crippen molar-refractivity contribution in [3.63, 3.8) is 0 Å². The number of nitrogens with zero attached hydrogens (tertiary/aromatic N) is 2. The zero-order chi connectivity index (χ0) is 20.1. The lowest BCUT2D eigenvalue weighted by Crippen LogP contribution is -2.47. The van der Waals surface area contributed by atoms with Crippen molar-refractivity contribution < 1.29 is 19.1 Å². The van der Waals surface area contributed by atoms with Crippen molar-refractivity contribution in [3.05, 3.63) is 34.9 Å². The average molecular weight is 386 g/mol. The summed E-state index contributed by atoms with van der Waals surface area (Å²) in [7, 11) is 0. The summed E-state index contributed by atoms with van der Waals surface area (Å²) in [6, 6.07) is 5.67. The number of rotatable bonds is 5. The minimum absolute atomic E-state index is 0.000634. The monoisotopic (exact) mass is 386 g/mol. The summed E-state index contributed by atoms with van der Waals surface area (Å²) in [5, 5.41) is 0. The van der Waals surface area contributed by atoms with Crippen LogP contribution < -0.4 is 0 Å². The number of carbonyl (C=O) groups excluding carboxylic acids is 3. The quantitative estimate of drug-likeness (QED) is 0.729. The van der Waals surface area contributed by atoms with Crippen molar-refractivity contribution in [2.45, 2.75) is 39.5 Å². The second-order valence-electron chi connectivity index (χ2n) is 7.81. The number of benzene rings is 1. The van der Waals surface area contributed by atoms with Gasteiger partial charge in [-0.2, -0.15) is 0 Å². The van der Waals surface area contributed by atoms with E-state index in [4.69, 9.17) is 4.74 Å². The first-order chi connectivity index (χ1) is 13.5. The van der Waals surface area contributed by atoms with Crippen LogP contribution in [0.2, 0.25) is 0 Å². The van der Waals surface area contributed by atoms with Gasteiger partial charge in [-0.1, -0.05) is 12.1 Å². The van der Waals surface area contributed by atoms with Crippen molar-refractivity contribution >= 4 is 17.6 Å². The maximum Gasteiger partial charge on any atom is 0.225 e. The van der Waals surface area contributed by atoms with E-state index in [1.165, 1.54) is 0 Å². The predicted octanol–water partition coefficient (Wildman–Crippen LogP) is 2.36. The molecule has 0 radical (unpaired) electrons. The van der Waals surface area contributed by atoms with Crippen LogP contribution in [0.1, 0.15) is 47.2 Å². The van der Waals surface area contributed by atoms with E-state index in [0.29, 0.717) is 57.8 Å². The molecule has 6 nitrogen and oxygen atoms in total. The lowest BCUT2D eigenvalue weighted by atomic mass is 9.94. The molecule has 2 amide bonds. The predicted molar refractivity (Wildman–Crippen MR) is 106 cm³/mol. The Labute approximate surface area is 166 Å². The average Bonchev–Trinajstić information content (AvgIpc) is 2.74. The first kappa shape index (κ1) is 20.5. The third-order valence-electron chi connectivity index (χ3n) is 5.91. The van der Waals surface area contributed by atoms with Gasteiger partial charge in [0.2, 0.25) is 11.8 Å². The molecular formula is C22H30N2O4. The van der Waals surface area contributed by atoms with Crippen molar-refractivity contribution in [2.24, 2.45) is 5.92 Å². The second-order valence-corrected chi connectivity index (χ2v) is 7.81. The Bertz CT molecular complexity index is 732. The third kappa shape index (κ3) is 4.98. The summed E-state index contributed by atoms with van der Waals surface area (Å²) in [5.41, 5.74) is 2.91. The zero-order valence-electron chi connectivity index (χ0n) is 16.9. The Morgan fingerprint density at radius 1 is 0.929 bits per heavy atom. The van der Waals surface area contributed by atoms with Crippen molar-refractivity contribution in [2.75, 3.05) is 39.4 Å². The van der Waals surface area contributed by atoms with Crippen LogP contribution in [-0.2, 0) is 14.3 Å². The van der Waals surface area contributed by atoms with E-state index in [0.717, 1.165) is 11.1 Å². The lowest BCUT2D eigenvalue weighted by molar-refractivity contribution is -0.143. The number of morpholine rings is 1. The first-order valence-corrected chi connectivity index (χ1v) is 10.2. The van der Waals surface area contributed by atoms with Gasteiger partial charge in [-0.15, -0.1) is 0 Å². The Hall–Kier alpha value is -2.21. The van der Waals surface area contributed by atoms with Crippen LogP contribution in [0.4, 0.5) is 0 Å². The molecule has 152 valence electrons. The molecular weight excluding hydrogens is 356 g/mol. The number of Topliss-reactive ketones (excluding diaryl/α,β-unsaturated/α-hetero) is 1. The number of carbonyl (C=O) groups is 3. The van der Waals surface area contributed by atoms with Crippen LogP contribution in [0.3, 0.4) is 0 Å². The molecule has 0 saturated carbocycles. The van der Waals surface area contributed by atoms with Gasteiger partial charge in [0.15, 0.2) is 5.78 Å². The fourth-order valence-corrected chi connectivity index (χ4v) is 3.86. The molecule has 0 N–H and O–H groups in total. The molecule has 2 saturated heterocycles. The molecule has 0 bridgehead atoms. The van der Waals surface area contributed by atoms with E-state index < -0.39 is 0 Å². The van der Waals surface area contributed by atoms with E-state index in [1.807, 2.05) is 36.9 Å². The maximum absolute atomic E-state index is 12.6. The molecule has 6 heteroatoms. The number of hydrogen-bond donors (Lipinski definition) is 0. The molecule has 2 aliphatic heterocycles. The van der Waals surface area contributed by atoms with Crippen LogP contribution in [0.25, 0.3) is 0 Å². The van der Waals surface area contributed by atoms with Gasteiger partial charge in [-0.3, -0.25) is 14.4 Å². The molecule has 2 aliphatic rings. The summed E-state index contributed by atoms with van der Waals surface area (Å²) in [5.74, 6) is 0.211. The molecule has 0 atom stereocenters. The van der Waals surface area contributed by atoms with Gasteiger partial charge in [-0.25, -0.2) is 0 Å². The molecule has 0 unspecified atom stereocenters. The number of amides is 2. The summed E-state index contributed by atoms with van der Waals surface area (Å²) in [4.78, 5) is 41.1. The van der Waals surface area contributed by atoms with Gasteiger partial charge in [0, 0.05) is 50.5 Å². The topological polar surface area (TPSA) is 66.9 Å². The van der Waals surface area contributed by atoms with Crippen molar-refractivity contribution in [1.29, 1.82) is 0 Å². The Balaban J connectivity index is 1.44. The highest BCUT2D eigenvalue weighted by Gasteiger charge is 2.30. The van der Waals surface area contributed by atoms with Crippen molar-refractivity contribution in [1.82, 2.24) is 9.80 Å². The van der Waals surface area contributed by atoms with Gasteiger partial charge in [0.25, 0.3) is 0 Å². The van der Waals surface area contributed by atoms with Gasteiger partial charge >= 0.3 is 0 Å². The Morgan fingerprint density at radius 2 is 1.61 bits per heavy atom. The fourth-order valence-electron chi connectivity index (χ4n) is 3.86. The number of likely N-dealkylation sites (tertiary alicyclic amines) is 1. The third-order valence-corrected chi connectivity index (χ3v) is 5.91. The van der Waals surface area contributed by atoms with Gasteiger partial charge < -0.3 is 14.5 Å². The highest BCUT2D eigenvalue weighted by Crippen LogP contribution is 2.21. The second kappa shape index (κ2) is 9.32. The van der Waals surface area contributed by atoms with E-state index in [2.05, 4.69) is 0 Å². The lowest BCUT2D eigenvalue weighted by Gasteiger charge is -2.35. The maximum atomic E-state index is 12.6. The minimum atomic E-state index is -0.000634. The van der Waals surface area contributed by atoms with Crippen LogP contribution in [0, 0.1) is 19.8 Å². The van der Waals surface area contributed by atoms with E-state index in [1.54, 1.807) is 4.90 Å². The van der Waals surface area contributed by atoms with E-state index >= 15 is 0 Å². The summed E-state index contributed by atoms with van der Waals surface area (Å²) < 4.78 is 5.30. The summed E-state index contributed by atoms with van der Waals surface area (Å²) in [6.45, 7) is 7.74. The normalized spacial score (nSPS) is 18.2. The largest absolute Gasteiger partial charge is 0.378 e. The molecule has 3 rings (SSSR count). The number of aryl methyl sites for hydroxylation is 2. The Morgan fingerprint density at radius 3 is 2.25 bits per heavy atom. The van der Waals surface area contributed by atoms with Gasteiger partial charge in [-0.05, 0) is 43.9 Å². The van der Waals surface area contributed by atoms with Crippen LogP contribution in [0.5, 0.6) is 0 Å². The SMILES string of the molecule is Cc1ccc(C(=O)CCC(=O)N2CCC(C(=O)N3CCOCC3)CC2)cc1C. The van der Waals surface area contributed by atoms with Crippen molar-refractivity contribution in [3.8, 4) is 0 Å². The van der Waals surface area contributed by atoms with E-state index in [-0.39, 0.29) is 36.4 Å². The molecule has 0 aliphatic carbocycles. The van der Waals surface area contributed by atoms with Crippen LogP contribution in [-0.4, -0.2) is 66.8 Å². The zero-order valence-corrected chi connectivity index (χ0v) is 16.9. The highest BCUT2D eigenvalue weighted by atomic mass is 16.5. The number of hydrogen-bond acceptors (Lipinski definition) is 4. The number of ether oxygens (including phenoxy) is 1. The smallest absolute Gasteiger partial charge is 0.225 e. The minimum Gasteiger partial charge on any atom is -0.378 e. The van der Waals surface area contributed by atoms with Gasteiger partial charge in [0.1, 0.15) is 0 Å². The summed E-state index contributed by atoms with van der Waals surface area (Å²) in [6.07, 6.45) is 1.86. The highest BCUT2D eigenvalue weighted by molar-refractivity contribution is 5.98. The molecule has 0 aromatic heterocycles. The Kier molecular flexibility index (Phi) is 6.83. The summed E-state index contributed by atoms with van der Waals surface area (Å²) >= 11 is 0. The standard InChI is InChI=1S/C22H30N2O4/c1-16-3-4-19(15-17(16)2)20(25)5-6-21(26)23-9-7-18(8-10-23)22(27)24-11-13-28-14-12-24/h3-4,15,18H,5-14H2,1-2H3.